The first kappa shape index (κ1) is 10.7. The molecular weight excluding hydrogens is 194 g/mol. The zero-order valence-corrected chi connectivity index (χ0v) is 9.61. The second-order valence-corrected chi connectivity index (χ2v) is 3.97. The van der Waals surface area contributed by atoms with Crippen LogP contribution in [0, 0.1) is 6.92 Å². The van der Waals surface area contributed by atoms with Crippen molar-refractivity contribution in [3.8, 4) is 0 Å². The van der Waals surface area contributed by atoms with Gasteiger partial charge in [0.1, 0.15) is 0 Å². The Balaban J connectivity index is 1.87. The van der Waals surface area contributed by atoms with Crippen LogP contribution >= 0.6 is 0 Å². The van der Waals surface area contributed by atoms with E-state index in [1.165, 1.54) is 16.8 Å². The summed E-state index contributed by atoms with van der Waals surface area (Å²) < 4.78 is 0. The maximum atomic E-state index is 3.42. The van der Waals surface area contributed by atoms with Crippen molar-refractivity contribution in [2.24, 2.45) is 0 Å². The molecule has 0 atom stereocenters. The van der Waals surface area contributed by atoms with Gasteiger partial charge < -0.3 is 5.32 Å². The van der Waals surface area contributed by atoms with Crippen LogP contribution in [-0.2, 0) is 6.42 Å². The minimum absolute atomic E-state index is 0.981. The standard InChI is InChI=1S/C15H17N/c1-13-7-5-6-8-14(13)11-12-16-15-9-3-2-4-10-15/h2-10,16H,11-12H2,1H3. The topological polar surface area (TPSA) is 12.0 Å². The van der Waals surface area contributed by atoms with Gasteiger partial charge in [0.2, 0.25) is 0 Å². The molecule has 2 aromatic rings. The fourth-order valence-corrected chi connectivity index (χ4v) is 1.79. The van der Waals surface area contributed by atoms with Crippen molar-refractivity contribution in [2.75, 3.05) is 11.9 Å². The third-order valence-corrected chi connectivity index (χ3v) is 2.76. The summed E-state index contributed by atoms with van der Waals surface area (Å²) in [6, 6.07) is 18.9. The summed E-state index contributed by atoms with van der Waals surface area (Å²) in [6.07, 6.45) is 1.07. The van der Waals surface area contributed by atoms with E-state index in [0.717, 1.165) is 13.0 Å². The van der Waals surface area contributed by atoms with Gasteiger partial charge in [-0.2, -0.15) is 0 Å². The molecular formula is C15H17N. The zero-order chi connectivity index (χ0) is 11.2. The maximum Gasteiger partial charge on any atom is 0.0340 e. The average molecular weight is 211 g/mol. The molecule has 82 valence electrons. The fourth-order valence-electron chi connectivity index (χ4n) is 1.79. The first-order valence-electron chi connectivity index (χ1n) is 5.70. The van der Waals surface area contributed by atoms with Crippen molar-refractivity contribution in [2.45, 2.75) is 13.3 Å². The fraction of sp³-hybridized carbons (Fsp3) is 0.200. The molecule has 1 heteroatoms. The van der Waals surface area contributed by atoms with Crippen LogP contribution in [0.25, 0.3) is 0 Å². The number of aryl methyl sites for hydroxylation is 1. The maximum absolute atomic E-state index is 3.42. The van der Waals surface area contributed by atoms with Crippen molar-refractivity contribution in [3.05, 3.63) is 65.7 Å². The Morgan fingerprint density at radius 1 is 0.875 bits per heavy atom. The lowest BCUT2D eigenvalue weighted by Gasteiger charge is -2.08. The quantitative estimate of drug-likeness (QED) is 0.814. The minimum Gasteiger partial charge on any atom is -0.385 e. The van der Waals surface area contributed by atoms with E-state index < -0.39 is 0 Å². The summed E-state index contributed by atoms with van der Waals surface area (Å²) in [7, 11) is 0. The lowest BCUT2D eigenvalue weighted by molar-refractivity contribution is 1.01. The highest BCUT2D eigenvalue weighted by atomic mass is 14.9. The molecule has 0 aromatic heterocycles. The third kappa shape index (κ3) is 2.86. The van der Waals surface area contributed by atoms with Crippen LogP contribution in [0.3, 0.4) is 0 Å². The number of para-hydroxylation sites is 1. The van der Waals surface area contributed by atoms with E-state index in [0.29, 0.717) is 0 Å². The smallest absolute Gasteiger partial charge is 0.0340 e. The number of nitrogens with one attached hydrogen (secondary N) is 1. The third-order valence-electron chi connectivity index (χ3n) is 2.76. The van der Waals surface area contributed by atoms with Crippen molar-refractivity contribution >= 4 is 5.69 Å². The molecule has 2 rings (SSSR count). The highest BCUT2D eigenvalue weighted by Crippen LogP contribution is 2.09. The molecule has 0 radical (unpaired) electrons. The van der Waals surface area contributed by atoms with Crippen LogP contribution in [0.2, 0.25) is 0 Å². The minimum atomic E-state index is 0.981. The number of anilines is 1. The number of hydrogen-bond donors (Lipinski definition) is 1. The molecule has 0 amide bonds. The Bertz CT molecular complexity index is 434. The molecule has 0 saturated carbocycles. The molecule has 2 aromatic carbocycles. The highest BCUT2D eigenvalue weighted by molar-refractivity contribution is 5.42. The molecule has 0 unspecified atom stereocenters. The van der Waals surface area contributed by atoms with Crippen LogP contribution in [0.4, 0.5) is 5.69 Å². The summed E-state index contributed by atoms with van der Waals surface area (Å²) in [5.41, 5.74) is 3.99. The van der Waals surface area contributed by atoms with E-state index in [1.54, 1.807) is 0 Å². The van der Waals surface area contributed by atoms with Crippen molar-refractivity contribution < 1.29 is 0 Å². The van der Waals surface area contributed by atoms with E-state index in [1.807, 2.05) is 6.07 Å². The zero-order valence-electron chi connectivity index (χ0n) is 9.61. The highest BCUT2D eigenvalue weighted by Gasteiger charge is 1.96. The Labute approximate surface area is 97.1 Å². The van der Waals surface area contributed by atoms with Gasteiger partial charge >= 0.3 is 0 Å². The summed E-state index contributed by atoms with van der Waals surface area (Å²) in [6.45, 7) is 3.15. The van der Waals surface area contributed by atoms with Crippen LogP contribution in [0.15, 0.2) is 54.6 Å². The van der Waals surface area contributed by atoms with Crippen LogP contribution in [0.5, 0.6) is 0 Å². The molecule has 0 saturated heterocycles. The molecule has 0 bridgehead atoms. The predicted octanol–water partition coefficient (Wildman–Crippen LogP) is 3.65. The van der Waals surface area contributed by atoms with Gasteiger partial charge in [-0.1, -0.05) is 42.5 Å². The van der Waals surface area contributed by atoms with Gasteiger partial charge in [-0.25, -0.2) is 0 Å². The van der Waals surface area contributed by atoms with E-state index in [9.17, 15) is 0 Å². The summed E-state index contributed by atoms with van der Waals surface area (Å²) >= 11 is 0. The van der Waals surface area contributed by atoms with Gasteiger partial charge in [0.25, 0.3) is 0 Å². The van der Waals surface area contributed by atoms with Gasteiger partial charge in [-0.15, -0.1) is 0 Å². The van der Waals surface area contributed by atoms with Crippen molar-refractivity contribution in [1.82, 2.24) is 0 Å². The van der Waals surface area contributed by atoms with Gasteiger partial charge in [-0.3, -0.25) is 0 Å². The Hall–Kier alpha value is -1.76. The normalized spacial score (nSPS) is 10.1. The van der Waals surface area contributed by atoms with E-state index >= 15 is 0 Å². The predicted molar refractivity (Wildman–Crippen MR) is 69.8 cm³/mol. The number of benzene rings is 2. The van der Waals surface area contributed by atoms with E-state index in [-0.39, 0.29) is 0 Å². The van der Waals surface area contributed by atoms with Gasteiger partial charge in [-0.05, 0) is 36.6 Å². The Morgan fingerprint density at radius 2 is 1.56 bits per heavy atom. The first-order chi connectivity index (χ1) is 7.86. The largest absolute Gasteiger partial charge is 0.385 e. The second-order valence-electron chi connectivity index (χ2n) is 3.97. The van der Waals surface area contributed by atoms with E-state index in [4.69, 9.17) is 0 Å². The van der Waals surface area contributed by atoms with Crippen molar-refractivity contribution in [1.29, 1.82) is 0 Å². The molecule has 0 aliphatic carbocycles. The first-order valence-corrected chi connectivity index (χ1v) is 5.70. The van der Waals surface area contributed by atoms with Gasteiger partial charge in [0.05, 0.1) is 0 Å². The summed E-state index contributed by atoms with van der Waals surface area (Å²) in [5, 5.41) is 3.42. The SMILES string of the molecule is Cc1ccccc1CCNc1ccccc1. The van der Waals surface area contributed by atoms with Gasteiger partial charge in [0, 0.05) is 12.2 Å². The molecule has 0 aliphatic heterocycles. The van der Waals surface area contributed by atoms with Crippen LogP contribution in [-0.4, -0.2) is 6.54 Å². The molecule has 0 aliphatic rings. The van der Waals surface area contributed by atoms with Crippen LogP contribution < -0.4 is 5.32 Å². The number of rotatable bonds is 4. The van der Waals surface area contributed by atoms with Crippen molar-refractivity contribution in [3.63, 3.8) is 0 Å². The lowest BCUT2D eigenvalue weighted by atomic mass is 10.1. The average Bonchev–Trinajstić information content (AvgIpc) is 2.33. The second kappa shape index (κ2) is 5.36. The molecule has 0 fully saturated rings. The molecule has 0 heterocycles. The molecule has 1 nitrogen and oxygen atoms in total. The summed E-state index contributed by atoms with van der Waals surface area (Å²) in [5.74, 6) is 0. The Kier molecular flexibility index (Phi) is 3.60. The summed E-state index contributed by atoms with van der Waals surface area (Å²) in [4.78, 5) is 0. The molecule has 1 N–H and O–H groups in total. The number of hydrogen-bond acceptors (Lipinski definition) is 1. The lowest BCUT2D eigenvalue weighted by Crippen LogP contribution is -2.05. The van der Waals surface area contributed by atoms with Gasteiger partial charge in [0.15, 0.2) is 0 Å². The van der Waals surface area contributed by atoms with E-state index in [2.05, 4.69) is 60.8 Å². The molecule has 0 spiro atoms. The van der Waals surface area contributed by atoms with Crippen LogP contribution in [0.1, 0.15) is 11.1 Å². The monoisotopic (exact) mass is 211 g/mol. The molecule has 16 heavy (non-hydrogen) atoms. The Morgan fingerprint density at radius 3 is 2.31 bits per heavy atom.